The molecule has 0 saturated carbocycles. The first-order valence-electron chi connectivity index (χ1n) is 5.41. The highest BCUT2D eigenvalue weighted by atomic mass is 35.5. The number of hydrogen-bond acceptors (Lipinski definition) is 4. The molecule has 0 aliphatic heterocycles. The molecular formula is C12H14ClF2NO3. The van der Waals surface area contributed by atoms with E-state index >= 15 is 0 Å². The zero-order valence-electron chi connectivity index (χ0n) is 10.5. The fourth-order valence-corrected chi connectivity index (χ4v) is 1.71. The molecule has 1 aromatic carbocycles. The fraction of sp³-hybridized carbons (Fsp3) is 0.417. The summed E-state index contributed by atoms with van der Waals surface area (Å²) in [6.07, 6.45) is 0. The van der Waals surface area contributed by atoms with Gasteiger partial charge in [0.1, 0.15) is 5.75 Å². The molecule has 0 aromatic heterocycles. The van der Waals surface area contributed by atoms with Crippen molar-refractivity contribution in [2.45, 2.75) is 13.2 Å². The van der Waals surface area contributed by atoms with Crippen molar-refractivity contribution in [2.24, 2.45) is 0 Å². The molecular weight excluding hydrogens is 280 g/mol. The first kappa shape index (κ1) is 15.7. The molecule has 1 rings (SSSR count). The van der Waals surface area contributed by atoms with E-state index in [1.807, 2.05) is 0 Å². The van der Waals surface area contributed by atoms with Crippen molar-refractivity contribution in [3.63, 3.8) is 0 Å². The summed E-state index contributed by atoms with van der Waals surface area (Å²) in [6.45, 7) is -2.64. The van der Waals surface area contributed by atoms with E-state index in [-0.39, 0.29) is 18.8 Å². The predicted molar refractivity (Wildman–Crippen MR) is 66.4 cm³/mol. The molecule has 19 heavy (non-hydrogen) atoms. The van der Waals surface area contributed by atoms with E-state index in [0.717, 1.165) is 0 Å². The van der Waals surface area contributed by atoms with Gasteiger partial charge in [0.15, 0.2) is 0 Å². The highest BCUT2D eigenvalue weighted by molar-refractivity contribution is 6.30. The minimum absolute atomic E-state index is 0.0381. The monoisotopic (exact) mass is 293 g/mol. The van der Waals surface area contributed by atoms with Crippen LogP contribution in [0.3, 0.4) is 0 Å². The Morgan fingerprint density at radius 1 is 1.47 bits per heavy atom. The summed E-state index contributed by atoms with van der Waals surface area (Å²) >= 11 is 5.82. The van der Waals surface area contributed by atoms with Crippen molar-refractivity contribution < 1.29 is 23.0 Å². The van der Waals surface area contributed by atoms with Crippen molar-refractivity contribution >= 4 is 17.6 Å². The molecule has 0 spiro atoms. The van der Waals surface area contributed by atoms with E-state index in [1.54, 1.807) is 11.9 Å². The van der Waals surface area contributed by atoms with Crippen molar-refractivity contribution in [3.8, 4) is 5.75 Å². The van der Waals surface area contributed by atoms with Gasteiger partial charge in [0.05, 0.1) is 13.7 Å². The van der Waals surface area contributed by atoms with E-state index in [4.69, 9.17) is 11.6 Å². The molecule has 0 amide bonds. The number of esters is 1. The van der Waals surface area contributed by atoms with Gasteiger partial charge >= 0.3 is 12.6 Å². The summed E-state index contributed by atoms with van der Waals surface area (Å²) in [6, 6.07) is 4.35. The molecule has 0 unspecified atom stereocenters. The normalized spacial score (nSPS) is 10.9. The topological polar surface area (TPSA) is 38.8 Å². The molecule has 0 atom stereocenters. The summed E-state index contributed by atoms with van der Waals surface area (Å²) in [5.74, 6) is -0.378. The Kier molecular flexibility index (Phi) is 5.98. The minimum Gasteiger partial charge on any atom is -0.468 e. The third-order valence-corrected chi connectivity index (χ3v) is 2.54. The van der Waals surface area contributed by atoms with Crippen LogP contribution in [0.25, 0.3) is 0 Å². The zero-order valence-corrected chi connectivity index (χ0v) is 11.3. The van der Waals surface area contributed by atoms with Crippen LogP contribution in [0.15, 0.2) is 18.2 Å². The summed E-state index contributed by atoms with van der Waals surface area (Å²) in [4.78, 5) is 12.7. The second-order valence-electron chi connectivity index (χ2n) is 3.88. The molecule has 0 radical (unpaired) electrons. The van der Waals surface area contributed by atoms with E-state index in [9.17, 15) is 13.6 Å². The number of nitrogens with zero attached hydrogens (tertiary/aromatic N) is 1. The van der Waals surface area contributed by atoms with Crippen LogP contribution in [0.2, 0.25) is 5.02 Å². The summed E-state index contributed by atoms with van der Waals surface area (Å²) < 4.78 is 33.4. The highest BCUT2D eigenvalue weighted by Gasteiger charge is 2.13. The SMILES string of the molecule is COC(=O)CN(C)Cc1cc(Cl)ccc1OC(F)F. The smallest absolute Gasteiger partial charge is 0.387 e. The first-order valence-corrected chi connectivity index (χ1v) is 5.78. The van der Waals surface area contributed by atoms with Gasteiger partial charge in [-0.2, -0.15) is 8.78 Å². The Balaban J connectivity index is 2.80. The maximum Gasteiger partial charge on any atom is 0.387 e. The lowest BCUT2D eigenvalue weighted by atomic mass is 10.2. The van der Waals surface area contributed by atoms with E-state index in [0.29, 0.717) is 10.6 Å². The molecule has 0 heterocycles. The van der Waals surface area contributed by atoms with Crippen molar-refractivity contribution in [3.05, 3.63) is 28.8 Å². The van der Waals surface area contributed by atoms with Crippen molar-refractivity contribution in [1.29, 1.82) is 0 Å². The van der Waals surface area contributed by atoms with Gasteiger partial charge < -0.3 is 9.47 Å². The molecule has 0 fully saturated rings. The van der Waals surface area contributed by atoms with Crippen LogP contribution >= 0.6 is 11.6 Å². The molecule has 0 saturated heterocycles. The Morgan fingerprint density at radius 2 is 2.16 bits per heavy atom. The molecule has 0 N–H and O–H groups in total. The van der Waals surface area contributed by atoms with Crippen LogP contribution in [0, 0.1) is 0 Å². The number of hydrogen-bond donors (Lipinski definition) is 0. The molecule has 0 aliphatic carbocycles. The van der Waals surface area contributed by atoms with Crippen LogP contribution in [0.5, 0.6) is 5.75 Å². The van der Waals surface area contributed by atoms with E-state index < -0.39 is 12.6 Å². The highest BCUT2D eigenvalue weighted by Crippen LogP contribution is 2.25. The molecule has 106 valence electrons. The lowest BCUT2D eigenvalue weighted by molar-refractivity contribution is -0.141. The maximum atomic E-state index is 12.3. The van der Waals surface area contributed by atoms with Crippen LogP contribution in [0.1, 0.15) is 5.56 Å². The maximum absolute atomic E-state index is 12.3. The van der Waals surface area contributed by atoms with Gasteiger partial charge in [-0.1, -0.05) is 11.6 Å². The Morgan fingerprint density at radius 3 is 2.74 bits per heavy atom. The van der Waals surface area contributed by atoms with Gasteiger partial charge in [-0.15, -0.1) is 0 Å². The number of benzene rings is 1. The van der Waals surface area contributed by atoms with Crippen molar-refractivity contribution in [2.75, 3.05) is 20.7 Å². The third-order valence-electron chi connectivity index (χ3n) is 2.31. The predicted octanol–water partition coefficient (Wildman–Crippen LogP) is 2.55. The lowest BCUT2D eigenvalue weighted by Gasteiger charge is -2.18. The quantitative estimate of drug-likeness (QED) is 0.756. The zero-order chi connectivity index (χ0) is 14.4. The molecule has 4 nitrogen and oxygen atoms in total. The molecule has 1 aromatic rings. The van der Waals surface area contributed by atoms with Crippen molar-refractivity contribution in [1.82, 2.24) is 4.90 Å². The number of carbonyl (C=O) groups excluding carboxylic acids is 1. The van der Waals surface area contributed by atoms with Crippen LogP contribution in [0.4, 0.5) is 8.78 Å². The van der Waals surface area contributed by atoms with Gasteiger partial charge in [0.2, 0.25) is 0 Å². The van der Waals surface area contributed by atoms with Gasteiger partial charge in [0.25, 0.3) is 0 Å². The summed E-state index contributed by atoms with van der Waals surface area (Å²) in [5.41, 5.74) is 0.471. The van der Waals surface area contributed by atoms with Gasteiger partial charge in [-0.3, -0.25) is 9.69 Å². The van der Waals surface area contributed by atoms with E-state index in [1.165, 1.54) is 25.3 Å². The summed E-state index contributed by atoms with van der Waals surface area (Å²) in [5, 5.41) is 0.406. The Bertz CT molecular complexity index is 443. The number of ether oxygens (including phenoxy) is 2. The largest absolute Gasteiger partial charge is 0.468 e. The number of carbonyl (C=O) groups is 1. The second kappa shape index (κ2) is 7.25. The van der Waals surface area contributed by atoms with Crippen LogP contribution < -0.4 is 4.74 Å². The minimum atomic E-state index is -2.91. The molecule has 0 bridgehead atoms. The second-order valence-corrected chi connectivity index (χ2v) is 4.32. The fourth-order valence-electron chi connectivity index (χ4n) is 1.51. The third kappa shape index (κ3) is 5.40. The standard InChI is InChI=1S/C12H14ClF2NO3/c1-16(7-11(17)18-2)6-8-5-9(13)3-4-10(8)19-12(14)15/h3-5,12H,6-7H2,1-2H3. The van der Waals surface area contributed by atoms with Crippen LogP contribution in [-0.2, 0) is 16.1 Å². The molecule has 0 aliphatic rings. The summed E-state index contributed by atoms with van der Waals surface area (Å²) in [7, 11) is 2.94. The average Bonchev–Trinajstić information content (AvgIpc) is 2.31. The number of likely N-dealkylation sites (N-methyl/N-ethyl adjacent to an activating group) is 1. The molecule has 7 heteroatoms. The Hall–Kier alpha value is -1.40. The van der Waals surface area contributed by atoms with E-state index in [2.05, 4.69) is 9.47 Å². The van der Waals surface area contributed by atoms with Gasteiger partial charge in [-0.05, 0) is 25.2 Å². The lowest BCUT2D eigenvalue weighted by Crippen LogP contribution is -2.26. The van der Waals surface area contributed by atoms with Gasteiger partial charge in [0, 0.05) is 17.1 Å². The van der Waals surface area contributed by atoms with Gasteiger partial charge in [-0.25, -0.2) is 0 Å². The number of halogens is 3. The Labute approximate surface area is 114 Å². The first-order chi connectivity index (χ1) is 8.92. The number of alkyl halides is 2. The number of rotatable bonds is 6. The average molecular weight is 294 g/mol. The number of methoxy groups -OCH3 is 1. The van der Waals surface area contributed by atoms with Crippen LogP contribution in [-0.4, -0.2) is 38.2 Å².